The number of halogens is 4. The summed E-state index contributed by atoms with van der Waals surface area (Å²) in [5, 5.41) is 18.5. The second-order valence-electron chi connectivity index (χ2n) is 15.9. The first-order valence-corrected chi connectivity index (χ1v) is 22.3. The first kappa shape index (κ1) is 49.8. The molecule has 2 N–H and O–H groups in total. The lowest BCUT2D eigenvalue weighted by molar-refractivity contribution is -0.138. The summed E-state index contributed by atoms with van der Waals surface area (Å²) in [5.74, 6) is -0.180. The van der Waals surface area contributed by atoms with Crippen molar-refractivity contribution in [3.05, 3.63) is 166 Å². The lowest BCUT2D eigenvalue weighted by Crippen LogP contribution is -2.10. The van der Waals surface area contributed by atoms with Crippen molar-refractivity contribution >= 4 is 23.5 Å². The Bertz CT molecular complexity index is 2480. The molecule has 0 radical (unpaired) electrons. The monoisotopic (exact) mass is 908 g/mol. The topological polar surface area (TPSA) is 119 Å². The number of ether oxygens (including phenoxy) is 2. The van der Waals surface area contributed by atoms with Crippen LogP contribution < -0.4 is 9.47 Å². The molecule has 6 rings (SSSR count). The number of hydrogen-bond donors (Lipinski definition) is 2. The van der Waals surface area contributed by atoms with Crippen LogP contribution in [0.15, 0.2) is 121 Å². The van der Waals surface area contributed by atoms with Crippen molar-refractivity contribution in [3.63, 3.8) is 0 Å². The molecule has 2 heterocycles. The summed E-state index contributed by atoms with van der Waals surface area (Å²) in [5.41, 5.74) is 7.98. The smallest absolute Gasteiger partial charge is 0.416 e. The Kier molecular flexibility index (Phi) is 18.5. The molecule has 6 aromatic rings. The van der Waals surface area contributed by atoms with E-state index in [-0.39, 0.29) is 25.0 Å². The highest BCUT2D eigenvalue weighted by Gasteiger charge is 2.30. The normalized spacial score (nSPS) is 12.1. The summed E-state index contributed by atoms with van der Waals surface area (Å²) in [6, 6.07) is 35.6. The maximum absolute atomic E-state index is 12.9. The zero-order chi connectivity index (χ0) is 46.9. The lowest BCUT2D eigenvalue weighted by Gasteiger charge is -2.20. The summed E-state index contributed by atoms with van der Waals surface area (Å²) in [6.45, 7) is 8.17. The van der Waals surface area contributed by atoms with Crippen LogP contribution >= 0.6 is 11.6 Å². The van der Waals surface area contributed by atoms with Gasteiger partial charge in [0.05, 0.1) is 28.3 Å². The summed E-state index contributed by atoms with van der Waals surface area (Å²) < 4.78 is 51.3. The highest BCUT2D eigenvalue weighted by Crippen LogP contribution is 2.33. The first-order valence-electron chi connectivity index (χ1n) is 22.0. The first-order chi connectivity index (χ1) is 31.1. The van der Waals surface area contributed by atoms with Crippen LogP contribution in [0.5, 0.6) is 11.5 Å². The van der Waals surface area contributed by atoms with Crippen LogP contribution in [-0.2, 0) is 28.6 Å². The number of aryl methyl sites for hydroxylation is 4. The fourth-order valence-corrected chi connectivity index (χ4v) is 7.33. The van der Waals surface area contributed by atoms with Gasteiger partial charge in [-0.05, 0) is 147 Å². The molecule has 342 valence electrons. The van der Waals surface area contributed by atoms with Gasteiger partial charge in [0.25, 0.3) is 0 Å². The molecule has 0 aliphatic heterocycles. The molecule has 0 aliphatic carbocycles. The number of aromatic nitrogens is 2. The predicted octanol–water partition coefficient (Wildman–Crippen LogP) is 14.4. The van der Waals surface area contributed by atoms with Gasteiger partial charge < -0.3 is 19.7 Å². The zero-order valence-corrected chi connectivity index (χ0v) is 38.0. The maximum Gasteiger partial charge on any atom is 0.416 e. The maximum atomic E-state index is 12.9. The van der Waals surface area contributed by atoms with Gasteiger partial charge in [-0.25, -0.2) is 9.97 Å². The molecule has 0 bridgehead atoms. The van der Waals surface area contributed by atoms with Gasteiger partial charge in [0.15, 0.2) is 0 Å². The van der Waals surface area contributed by atoms with Crippen LogP contribution in [0.3, 0.4) is 0 Å². The van der Waals surface area contributed by atoms with Crippen LogP contribution in [0.1, 0.15) is 117 Å². The van der Waals surface area contributed by atoms with Gasteiger partial charge in [0, 0.05) is 29.0 Å². The van der Waals surface area contributed by atoms with Crippen LogP contribution in [0.2, 0.25) is 5.02 Å². The largest absolute Gasteiger partial charge is 0.484 e. The van der Waals surface area contributed by atoms with Crippen LogP contribution in [0.25, 0.3) is 22.5 Å². The molecule has 0 amide bonds. The third-order valence-corrected chi connectivity index (χ3v) is 11.1. The van der Waals surface area contributed by atoms with Gasteiger partial charge in [-0.2, -0.15) is 13.2 Å². The van der Waals surface area contributed by atoms with E-state index in [1.807, 2.05) is 105 Å². The van der Waals surface area contributed by atoms with E-state index < -0.39 is 23.7 Å². The number of carbonyl (C=O) groups is 2. The number of nitrogens with zero attached hydrogens (tertiary/aromatic N) is 2. The Morgan fingerprint density at radius 3 is 1.40 bits per heavy atom. The van der Waals surface area contributed by atoms with E-state index in [2.05, 4.69) is 13.8 Å². The molecule has 4 aromatic carbocycles. The minimum absolute atomic E-state index is 0.0703. The Morgan fingerprint density at radius 2 is 1.03 bits per heavy atom. The van der Waals surface area contributed by atoms with E-state index in [1.54, 1.807) is 6.07 Å². The van der Waals surface area contributed by atoms with E-state index in [0.29, 0.717) is 40.6 Å². The van der Waals surface area contributed by atoms with Crippen LogP contribution in [-0.4, -0.2) is 32.1 Å². The molecule has 2 aromatic heterocycles. The fourth-order valence-electron chi connectivity index (χ4n) is 7.20. The van der Waals surface area contributed by atoms with Crippen molar-refractivity contribution in [2.45, 2.75) is 110 Å². The number of alkyl halides is 3. The number of aliphatic carboxylic acids is 2. The summed E-state index contributed by atoms with van der Waals surface area (Å²) in [6.07, 6.45) is 1.93. The second-order valence-corrected chi connectivity index (χ2v) is 16.4. The number of hydrogen-bond acceptors (Lipinski definition) is 6. The number of rotatable bonds is 20. The standard InChI is InChI=1S/C27H28F3NO3.C26H28ClNO3/c1-3-4-8-25(34-22-15-11-19(18(2)17-22)12-16-26(32)33)24-7-5-6-23(31-24)20-9-13-21(14-10-20)27(28,29)30;1-3-4-8-25(31-22-15-11-19(18(2)17-22)12-16-26(29)30)24-7-5-6-23(28-24)20-9-13-21(27)14-10-20/h5-7,9-11,13-15,17,25H,3-4,8,12,16H2,1-2H3,(H,32,33);5-7,9-11,13-15,17,25H,3-4,8,12,16H2,1-2H3,(H,29,30)/t2*25-/m10/s1. The van der Waals surface area contributed by atoms with Gasteiger partial charge in [-0.1, -0.05) is 86.8 Å². The fraction of sp³-hybridized carbons (Fsp3) is 0.321. The Balaban J connectivity index is 0.000000245. The van der Waals surface area contributed by atoms with Crippen molar-refractivity contribution < 1.29 is 42.4 Å². The van der Waals surface area contributed by atoms with E-state index in [9.17, 15) is 22.8 Å². The van der Waals surface area contributed by atoms with Crippen molar-refractivity contribution in [3.8, 4) is 34.0 Å². The van der Waals surface area contributed by atoms with Gasteiger partial charge >= 0.3 is 18.1 Å². The highest BCUT2D eigenvalue weighted by molar-refractivity contribution is 6.30. The number of carboxylic acid groups (broad SMARTS) is 2. The van der Waals surface area contributed by atoms with Crippen molar-refractivity contribution in [1.82, 2.24) is 9.97 Å². The minimum atomic E-state index is -4.38. The third kappa shape index (κ3) is 15.5. The number of pyridine rings is 2. The average Bonchev–Trinajstić information content (AvgIpc) is 3.28. The van der Waals surface area contributed by atoms with Crippen molar-refractivity contribution in [2.24, 2.45) is 0 Å². The molecule has 8 nitrogen and oxygen atoms in total. The Morgan fingerprint density at radius 1 is 0.615 bits per heavy atom. The van der Waals surface area contributed by atoms with Gasteiger partial charge in [0.2, 0.25) is 0 Å². The third-order valence-electron chi connectivity index (χ3n) is 10.9. The highest BCUT2D eigenvalue weighted by atomic mass is 35.5. The molecule has 0 fully saturated rings. The van der Waals surface area contributed by atoms with E-state index in [4.69, 9.17) is 41.3 Å². The SMILES string of the molecule is CCCC[C@@H](Oc1ccc(CCC(=O)O)c(C)c1)c1cccc(-c2ccc(C(F)(F)F)cc2)n1.CCCC[C@H](Oc1ccc(CCC(=O)O)c(C)c1)c1cccc(-c2ccc(Cl)cc2)n1. The molecule has 12 heteroatoms. The molecular weight excluding hydrogens is 853 g/mol. The van der Waals surface area contributed by atoms with Crippen molar-refractivity contribution in [1.29, 1.82) is 0 Å². The minimum Gasteiger partial charge on any atom is -0.484 e. The van der Waals surface area contributed by atoms with Gasteiger partial charge in [0.1, 0.15) is 23.7 Å². The molecule has 0 saturated carbocycles. The van der Waals surface area contributed by atoms with Gasteiger partial charge in [-0.15, -0.1) is 0 Å². The lowest BCUT2D eigenvalue weighted by atomic mass is 10.0. The zero-order valence-electron chi connectivity index (χ0n) is 37.2. The number of unbranched alkanes of at least 4 members (excludes halogenated alkanes) is 2. The molecule has 2 atom stereocenters. The molecule has 65 heavy (non-hydrogen) atoms. The summed E-state index contributed by atoms with van der Waals surface area (Å²) in [4.78, 5) is 31.3. The Hall–Kier alpha value is -6.20. The van der Waals surface area contributed by atoms with Crippen LogP contribution in [0.4, 0.5) is 13.2 Å². The molecule has 0 unspecified atom stereocenters. The average molecular weight is 909 g/mol. The van der Waals surface area contributed by atoms with Crippen LogP contribution in [0, 0.1) is 13.8 Å². The molecular formula is C53H56ClF3N2O6. The van der Waals surface area contributed by atoms with Crippen molar-refractivity contribution in [2.75, 3.05) is 0 Å². The Labute approximate surface area is 384 Å². The summed E-state index contributed by atoms with van der Waals surface area (Å²) >= 11 is 6.02. The predicted molar refractivity (Wildman–Crippen MR) is 249 cm³/mol. The molecule has 0 saturated heterocycles. The molecule has 0 aliphatic rings. The van der Waals surface area contributed by atoms with Gasteiger partial charge in [-0.3, -0.25) is 9.59 Å². The summed E-state index contributed by atoms with van der Waals surface area (Å²) in [7, 11) is 0. The number of benzene rings is 4. The quantitative estimate of drug-likeness (QED) is 0.0777. The van der Waals surface area contributed by atoms with E-state index >= 15 is 0 Å². The second kappa shape index (κ2) is 24.2. The molecule has 0 spiro atoms. The van der Waals surface area contributed by atoms with E-state index in [0.717, 1.165) is 95.6 Å². The number of carboxylic acids is 2. The van der Waals surface area contributed by atoms with E-state index in [1.165, 1.54) is 12.1 Å².